The van der Waals surface area contributed by atoms with Gasteiger partial charge in [-0.05, 0) is 31.2 Å². The van der Waals surface area contributed by atoms with E-state index >= 15 is 0 Å². The van der Waals surface area contributed by atoms with Crippen LogP contribution in [0.15, 0.2) is 47.8 Å². The maximum absolute atomic E-state index is 12.3. The number of nitrogens with two attached hydrogens (primary N) is 1. The third-order valence-electron chi connectivity index (χ3n) is 2.64. The van der Waals surface area contributed by atoms with Crippen molar-refractivity contribution in [2.75, 3.05) is 5.43 Å². The fourth-order valence-electron chi connectivity index (χ4n) is 1.70. The number of hydrogen-bond donors (Lipinski definition) is 3. The number of nitrogen functional groups attached to an aromatic ring is 1. The molecule has 0 radical (unpaired) electrons. The summed E-state index contributed by atoms with van der Waals surface area (Å²) in [4.78, 5) is 7.97. The monoisotopic (exact) mass is 293 g/mol. The first kappa shape index (κ1) is 14.4. The maximum Gasteiger partial charge on any atom is 0.260 e. The minimum atomic E-state index is -3.79. The molecule has 2 aromatic heterocycles. The van der Waals surface area contributed by atoms with Gasteiger partial charge in [-0.1, -0.05) is 6.07 Å². The SMILES string of the molecule is CC(NS(=O)(=O)c1ncccc1NN)c1ccccn1. The molecule has 106 valence electrons. The molecule has 0 aliphatic rings. The van der Waals surface area contributed by atoms with E-state index in [0.717, 1.165) is 0 Å². The summed E-state index contributed by atoms with van der Waals surface area (Å²) < 4.78 is 27.1. The van der Waals surface area contributed by atoms with Gasteiger partial charge in [-0.2, -0.15) is 0 Å². The zero-order chi connectivity index (χ0) is 14.6. The van der Waals surface area contributed by atoms with Gasteiger partial charge in [0.15, 0.2) is 5.03 Å². The Labute approximate surface area is 117 Å². The zero-order valence-corrected chi connectivity index (χ0v) is 11.6. The van der Waals surface area contributed by atoms with Crippen LogP contribution in [0.3, 0.4) is 0 Å². The van der Waals surface area contributed by atoms with Crippen molar-refractivity contribution in [3.8, 4) is 0 Å². The number of hydrogen-bond acceptors (Lipinski definition) is 6. The highest BCUT2D eigenvalue weighted by molar-refractivity contribution is 7.89. The predicted molar refractivity (Wildman–Crippen MR) is 75.0 cm³/mol. The molecule has 4 N–H and O–H groups in total. The first-order valence-corrected chi connectivity index (χ1v) is 7.38. The van der Waals surface area contributed by atoms with Crippen molar-refractivity contribution >= 4 is 15.7 Å². The summed E-state index contributed by atoms with van der Waals surface area (Å²) in [6.07, 6.45) is 2.99. The van der Waals surface area contributed by atoms with E-state index in [1.807, 2.05) is 0 Å². The van der Waals surface area contributed by atoms with Crippen LogP contribution >= 0.6 is 0 Å². The van der Waals surface area contributed by atoms with Crippen LogP contribution in [0, 0.1) is 0 Å². The molecule has 0 aliphatic carbocycles. The molecule has 2 rings (SSSR count). The van der Waals surface area contributed by atoms with Crippen LogP contribution in [0.2, 0.25) is 0 Å². The molecule has 2 heterocycles. The summed E-state index contributed by atoms with van der Waals surface area (Å²) in [5.41, 5.74) is 3.17. The summed E-state index contributed by atoms with van der Waals surface area (Å²) in [5, 5.41) is -0.148. The van der Waals surface area contributed by atoms with E-state index < -0.39 is 16.1 Å². The number of anilines is 1. The third kappa shape index (κ3) is 3.10. The molecule has 2 aromatic rings. The largest absolute Gasteiger partial charge is 0.321 e. The van der Waals surface area contributed by atoms with E-state index in [-0.39, 0.29) is 10.7 Å². The Bertz CT molecular complexity index is 675. The number of rotatable bonds is 5. The van der Waals surface area contributed by atoms with E-state index in [1.165, 1.54) is 12.3 Å². The van der Waals surface area contributed by atoms with Gasteiger partial charge in [0.2, 0.25) is 0 Å². The molecule has 0 fully saturated rings. The Morgan fingerprint density at radius 2 is 1.90 bits per heavy atom. The van der Waals surface area contributed by atoms with Gasteiger partial charge in [0.25, 0.3) is 10.0 Å². The highest BCUT2D eigenvalue weighted by Gasteiger charge is 2.23. The second-order valence-corrected chi connectivity index (χ2v) is 5.73. The highest BCUT2D eigenvalue weighted by Crippen LogP contribution is 2.19. The van der Waals surface area contributed by atoms with Gasteiger partial charge in [-0.25, -0.2) is 18.1 Å². The topological polar surface area (TPSA) is 110 Å². The van der Waals surface area contributed by atoms with Crippen molar-refractivity contribution in [2.24, 2.45) is 5.84 Å². The van der Waals surface area contributed by atoms with Gasteiger partial charge in [-0.15, -0.1) is 0 Å². The third-order valence-corrected chi connectivity index (χ3v) is 4.14. The molecule has 1 unspecified atom stereocenters. The van der Waals surface area contributed by atoms with Crippen molar-refractivity contribution in [3.63, 3.8) is 0 Å². The molecule has 0 saturated heterocycles. The smallest absolute Gasteiger partial charge is 0.260 e. The summed E-state index contributed by atoms with van der Waals surface area (Å²) >= 11 is 0. The molecule has 0 amide bonds. The van der Waals surface area contributed by atoms with Crippen LogP contribution in [-0.4, -0.2) is 18.4 Å². The van der Waals surface area contributed by atoms with Crippen LogP contribution in [-0.2, 0) is 10.0 Å². The van der Waals surface area contributed by atoms with Gasteiger partial charge in [-0.3, -0.25) is 10.8 Å². The van der Waals surface area contributed by atoms with Crippen LogP contribution < -0.4 is 16.0 Å². The lowest BCUT2D eigenvalue weighted by atomic mass is 10.2. The first-order chi connectivity index (χ1) is 9.54. The minimum absolute atomic E-state index is 0.148. The Kier molecular flexibility index (Phi) is 4.28. The highest BCUT2D eigenvalue weighted by atomic mass is 32.2. The van der Waals surface area contributed by atoms with E-state index in [0.29, 0.717) is 5.69 Å². The first-order valence-electron chi connectivity index (χ1n) is 5.89. The van der Waals surface area contributed by atoms with Crippen molar-refractivity contribution in [3.05, 3.63) is 48.4 Å². The summed E-state index contributed by atoms with van der Waals surface area (Å²) in [6.45, 7) is 1.71. The Morgan fingerprint density at radius 1 is 1.15 bits per heavy atom. The molecular formula is C12H15N5O2S. The minimum Gasteiger partial charge on any atom is -0.321 e. The molecular weight excluding hydrogens is 278 g/mol. The van der Waals surface area contributed by atoms with Gasteiger partial charge in [0.05, 0.1) is 17.4 Å². The van der Waals surface area contributed by atoms with Crippen molar-refractivity contribution in [2.45, 2.75) is 18.0 Å². The fraction of sp³-hybridized carbons (Fsp3) is 0.167. The number of aromatic nitrogens is 2. The van der Waals surface area contributed by atoms with Crippen LogP contribution in [0.25, 0.3) is 0 Å². The lowest BCUT2D eigenvalue weighted by Gasteiger charge is -2.14. The second-order valence-electron chi connectivity index (χ2n) is 4.10. The maximum atomic E-state index is 12.3. The lowest BCUT2D eigenvalue weighted by Crippen LogP contribution is -2.29. The van der Waals surface area contributed by atoms with E-state index in [2.05, 4.69) is 20.1 Å². The molecule has 7 nitrogen and oxygen atoms in total. The Hall–Kier alpha value is -2.03. The van der Waals surface area contributed by atoms with Gasteiger partial charge >= 0.3 is 0 Å². The standard InChI is InChI=1S/C12H15N5O2S/c1-9(10-5-2-3-7-14-10)17-20(18,19)12-11(16-13)6-4-8-15-12/h2-9,16-17H,13H2,1H3. The number of pyridine rings is 2. The molecule has 0 spiro atoms. The van der Waals surface area contributed by atoms with Crippen molar-refractivity contribution < 1.29 is 8.42 Å². The lowest BCUT2D eigenvalue weighted by molar-refractivity contribution is 0.560. The Balaban J connectivity index is 2.28. The zero-order valence-electron chi connectivity index (χ0n) is 10.8. The van der Waals surface area contributed by atoms with E-state index in [1.54, 1.807) is 37.4 Å². The van der Waals surface area contributed by atoms with Crippen LogP contribution in [0.5, 0.6) is 0 Å². The molecule has 0 aliphatic heterocycles. The molecule has 0 aromatic carbocycles. The number of sulfonamides is 1. The average Bonchev–Trinajstić information content (AvgIpc) is 2.47. The molecule has 0 bridgehead atoms. The summed E-state index contributed by atoms with van der Waals surface area (Å²) in [5.74, 6) is 5.29. The van der Waals surface area contributed by atoms with Crippen LogP contribution in [0.4, 0.5) is 5.69 Å². The second kappa shape index (κ2) is 5.95. The quantitative estimate of drug-likeness (QED) is 0.555. The molecule has 0 saturated carbocycles. The summed E-state index contributed by atoms with van der Waals surface area (Å²) in [7, 11) is -3.79. The number of nitrogens with zero attached hydrogens (tertiary/aromatic N) is 2. The van der Waals surface area contributed by atoms with Crippen molar-refractivity contribution in [1.29, 1.82) is 0 Å². The Morgan fingerprint density at radius 3 is 2.55 bits per heavy atom. The average molecular weight is 293 g/mol. The number of nitrogens with one attached hydrogen (secondary N) is 2. The fourth-order valence-corrected chi connectivity index (χ4v) is 3.01. The summed E-state index contributed by atoms with van der Waals surface area (Å²) in [6, 6.07) is 7.95. The van der Waals surface area contributed by atoms with Gasteiger partial charge in [0, 0.05) is 12.4 Å². The van der Waals surface area contributed by atoms with E-state index in [9.17, 15) is 8.42 Å². The van der Waals surface area contributed by atoms with Crippen molar-refractivity contribution in [1.82, 2.24) is 14.7 Å². The molecule has 20 heavy (non-hydrogen) atoms. The molecule has 1 atom stereocenters. The predicted octanol–water partition coefficient (Wildman–Crippen LogP) is 0.802. The van der Waals surface area contributed by atoms with Gasteiger partial charge < -0.3 is 5.43 Å². The molecule has 8 heteroatoms. The number of hydrazine groups is 1. The van der Waals surface area contributed by atoms with E-state index in [4.69, 9.17) is 5.84 Å². The van der Waals surface area contributed by atoms with Gasteiger partial charge in [0.1, 0.15) is 0 Å². The van der Waals surface area contributed by atoms with Crippen LogP contribution in [0.1, 0.15) is 18.7 Å². The normalized spacial score (nSPS) is 12.9.